The van der Waals surface area contributed by atoms with Crippen LogP contribution in [0.15, 0.2) is 0 Å². The van der Waals surface area contributed by atoms with E-state index in [9.17, 15) is 4.79 Å². The van der Waals surface area contributed by atoms with E-state index in [1.165, 1.54) is 0 Å². The van der Waals surface area contributed by atoms with Crippen molar-refractivity contribution < 1.29 is 9.90 Å². The molecule has 0 aromatic heterocycles. The maximum atomic E-state index is 11.8. The van der Waals surface area contributed by atoms with Crippen molar-refractivity contribution in [1.29, 1.82) is 0 Å². The summed E-state index contributed by atoms with van der Waals surface area (Å²) in [5.41, 5.74) is 5.71. The maximum absolute atomic E-state index is 11.8. The van der Waals surface area contributed by atoms with Crippen LogP contribution in [-0.2, 0) is 4.79 Å². The maximum Gasteiger partial charge on any atom is 0.224 e. The Bertz CT molecular complexity index is 231. The third kappa shape index (κ3) is 6.03. The summed E-state index contributed by atoms with van der Waals surface area (Å²) in [6.07, 6.45) is 2.64. The molecule has 4 nitrogen and oxygen atoms in total. The number of hydrogen-bond acceptors (Lipinski definition) is 3. The zero-order valence-corrected chi connectivity index (χ0v) is 12.8. The molecule has 0 bridgehead atoms. The van der Waals surface area contributed by atoms with Crippen LogP contribution in [0.5, 0.6) is 0 Å². The van der Waals surface area contributed by atoms with E-state index in [0.29, 0.717) is 6.54 Å². The van der Waals surface area contributed by atoms with Gasteiger partial charge < -0.3 is 16.2 Å². The van der Waals surface area contributed by atoms with Crippen molar-refractivity contribution in [2.45, 2.75) is 53.0 Å². The number of aliphatic hydroxyl groups excluding tert-OH is 1. The molecule has 0 aliphatic heterocycles. The van der Waals surface area contributed by atoms with Crippen LogP contribution < -0.4 is 11.1 Å². The van der Waals surface area contributed by atoms with E-state index in [1.807, 2.05) is 13.8 Å². The van der Waals surface area contributed by atoms with Crippen molar-refractivity contribution in [3.05, 3.63) is 0 Å². The Morgan fingerprint density at radius 2 is 1.83 bits per heavy atom. The van der Waals surface area contributed by atoms with Gasteiger partial charge in [0.05, 0.1) is 0 Å². The Balaban J connectivity index is 0. The van der Waals surface area contributed by atoms with E-state index >= 15 is 0 Å². The lowest BCUT2D eigenvalue weighted by Gasteiger charge is -2.32. The number of carbonyl (C=O) groups is 1. The average Bonchev–Trinajstić information content (AvgIpc) is 2.33. The third-order valence-electron chi connectivity index (χ3n) is 3.98. The van der Waals surface area contributed by atoms with E-state index in [2.05, 4.69) is 19.2 Å². The van der Waals surface area contributed by atoms with Gasteiger partial charge in [0.1, 0.15) is 0 Å². The molecule has 0 radical (unpaired) electrons. The van der Waals surface area contributed by atoms with Crippen molar-refractivity contribution in [2.24, 2.45) is 17.1 Å². The number of amides is 1. The Morgan fingerprint density at radius 1 is 1.33 bits per heavy atom. The van der Waals surface area contributed by atoms with Gasteiger partial charge >= 0.3 is 0 Å². The summed E-state index contributed by atoms with van der Waals surface area (Å²) in [5, 5.41) is 12.1. The number of carbonyl (C=O) groups excluding carboxylic acids is 1. The van der Waals surface area contributed by atoms with Gasteiger partial charge in [-0.15, -0.1) is 12.4 Å². The summed E-state index contributed by atoms with van der Waals surface area (Å²) in [6.45, 7) is 8.66. The Morgan fingerprint density at radius 3 is 2.17 bits per heavy atom. The molecule has 0 saturated heterocycles. The molecule has 0 aliphatic carbocycles. The molecule has 0 rings (SSSR count). The van der Waals surface area contributed by atoms with Crippen LogP contribution >= 0.6 is 12.4 Å². The summed E-state index contributed by atoms with van der Waals surface area (Å²) >= 11 is 0. The topological polar surface area (TPSA) is 75.3 Å². The quantitative estimate of drug-likeness (QED) is 0.633. The first-order valence-electron chi connectivity index (χ1n) is 6.56. The molecule has 0 saturated carbocycles. The highest BCUT2D eigenvalue weighted by Gasteiger charge is 2.27. The highest BCUT2D eigenvalue weighted by molar-refractivity contribution is 5.85. The zero-order chi connectivity index (χ0) is 13.5. The molecule has 0 aliphatic rings. The molecule has 4 N–H and O–H groups in total. The lowest BCUT2D eigenvalue weighted by molar-refractivity contribution is -0.125. The summed E-state index contributed by atoms with van der Waals surface area (Å²) in [6, 6.07) is -0.134. The molecule has 0 heterocycles. The first-order valence-corrected chi connectivity index (χ1v) is 6.56. The fourth-order valence-electron chi connectivity index (χ4n) is 1.85. The fraction of sp³-hybridized carbons (Fsp3) is 0.923. The summed E-state index contributed by atoms with van der Waals surface area (Å²) in [7, 11) is 0. The zero-order valence-electron chi connectivity index (χ0n) is 12.0. The minimum absolute atomic E-state index is 0. The van der Waals surface area contributed by atoms with Crippen LogP contribution in [0.2, 0.25) is 0 Å². The molecule has 2 atom stereocenters. The van der Waals surface area contributed by atoms with Crippen molar-refractivity contribution >= 4 is 18.3 Å². The second-order valence-corrected chi connectivity index (χ2v) is 5.05. The Labute approximate surface area is 117 Å². The van der Waals surface area contributed by atoms with Gasteiger partial charge in [0, 0.05) is 25.1 Å². The number of hydrogen-bond donors (Lipinski definition) is 3. The lowest BCUT2D eigenvalue weighted by atomic mass is 9.79. The smallest absolute Gasteiger partial charge is 0.224 e. The largest absolute Gasteiger partial charge is 0.396 e. The van der Waals surface area contributed by atoms with Gasteiger partial charge in [0.15, 0.2) is 0 Å². The van der Waals surface area contributed by atoms with Crippen LogP contribution in [0.4, 0.5) is 0 Å². The predicted octanol–water partition coefficient (Wildman–Crippen LogP) is 1.70. The first-order chi connectivity index (χ1) is 7.92. The van der Waals surface area contributed by atoms with Crippen molar-refractivity contribution in [3.8, 4) is 0 Å². The van der Waals surface area contributed by atoms with Crippen LogP contribution in [0.25, 0.3) is 0 Å². The number of rotatable bonds is 8. The number of halogens is 1. The van der Waals surface area contributed by atoms with Gasteiger partial charge in [-0.3, -0.25) is 4.79 Å². The van der Waals surface area contributed by atoms with E-state index < -0.39 is 0 Å². The average molecular weight is 281 g/mol. The van der Waals surface area contributed by atoms with Gasteiger partial charge in [-0.25, -0.2) is 0 Å². The molecular formula is C13H29ClN2O2. The van der Waals surface area contributed by atoms with Crippen LogP contribution in [0.1, 0.15) is 47.0 Å². The standard InChI is InChI=1S/C13H28N2O2.ClH/c1-5-13(6-2,7-8-16)9-15-12(17)10(3)11(4)14;/h10-11,16H,5-9,14H2,1-4H3,(H,15,17);1H. The van der Waals surface area contributed by atoms with Crippen LogP contribution in [0, 0.1) is 11.3 Å². The van der Waals surface area contributed by atoms with Gasteiger partial charge in [0.25, 0.3) is 0 Å². The molecule has 5 heteroatoms. The first kappa shape index (κ1) is 20.0. The van der Waals surface area contributed by atoms with Gasteiger partial charge in [-0.2, -0.15) is 0 Å². The Hall–Kier alpha value is -0.320. The molecular weight excluding hydrogens is 252 g/mol. The van der Waals surface area contributed by atoms with E-state index in [1.54, 1.807) is 0 Å². The van der Waals surface area contributed by atoms with Crippen molar-refractivity contribution in [2.75, 3.05) is 13.2 Å². The fourth-order valence-corrected chi connectivity index (χ4v) is 1.85. The molecule has 110 valence electrons. The van der Waals surface area contributed by atoms with E-state index in [-0.39, 0.29) is 42.3 Å². The molecule has 0 aromatic rings. The predicted molar refractivity (Wildman–Crippen MR) is 77.8 cm³/mol. The molecule has 0 fully saturated rings. The van der Waals surface area contributed by atoms with Gasteiger partial charge in [-0.1, -0.05) is 20.8 Å². The number of nitrogens with two attached hydrogens (primary N) is 1. The summed E-state index contributed by atoms with van der Waals surface area (Å²) < 4.78 is 0. The third-order valence-corrected chi connectivity index (χ3v) is 3.98. The Kier molecular flexibility index (Phi) is 10.7. The second-order valence-electron chi connectivity index (χ2n) is 5.05. The van der Waals surface area contributed by atoms with Crippen molar-refractivity contribution in [3.63, 3.8) is 0 Å². The molecule has 0 aromatic carbocycles. The minimum Gasteiger partial charge on any atom is -0.396 e. The normalized spacial score (nSPS) is 14.6. The summed E-state index contributed by atoms with van der Waals surface area (Å²) in [5.74, 6) is -0.167. The minimum atomic E-state index is -0.171. The lowest BCUT2D eigenvalue weighted by Crippen LogP contribution is -2.43. The van der Waals surface area contributed by atoms with E-state index in [0.717, 1.165) is 19.3 Å². The highest BCUT2D eigenvalue weighted by Crippen LogP contribution is 2.29. The van der Waals surface area contributed by atoms with Crippen LogP contribution in [-0.4, -0.2) is 30.2 Å². The number of nitrogens with one attached hydrogen (secondary N) is 1. The second kappa shape index (κ2) is 9.59. The van der Waals surface area contributed by atoms with Crippen molar-refractivity contribution in [1.82, 2.24) is 5.32 Å². The molecule has 2 unspecified atom stereocenters. The molecule has 18 heavy (non-hydrogen) atoms. The molecule has 1 amide bonds. The van der Waals surface area contributed by atoms with E-state index in [4.69, 9.17) is 10.8 Å². The number of aliphatic hydroxyl groups is 1. The molecule has 0 spiro atoms. The summed E-state index contributed by atoms with van der Waals surface area (Å²) in [4.78, 5) is 11.8. The van der Waals surface area contributed by atoms with Gasteiger partial charge in [-0.05, 0) is 31.6 Å². The highest BCUT2D eigenvalue weighted by atomic mass is 35.5. The SMILES string of the molecule is CCC(CC)(CCO)CNC(=O)C(C)C(C)N.Cl. The monoisotopic (exact) mass is 280 g/mol. The van der Waals surface area contributed by atoms with Crippen LogP contribution in [0.3, 0.4) is 0 Å². The van der Waals surface area contributed by atoms with Gasteiger partial charge in [0.2, 0.25) is 5.91 Å².